The molecule has 0 aliphatic heterocycles. The SMILES string of the molecule is CC(C)CNC(=O)CNC1CC(c2ccccc2)C1. The molecule has 0 radical (unpaired) electrons. The van der Waals surface area contributed by atoms with Crippen LogP contribution in [0.3, 0.4) is 0 Å². The molecule has 3 nitrogen and oxygen atoms in total. The van der Waals surface area contributed by atoms with E-state index in [0.717, 1.165) is 19.4 Å². The number of benzene rings is 1. The molecule has 104 valence electrons. The predicted molar refractivity (Wildman–Crippen MR) is 78.1 cm³/mol. The molecule has 0 bridgehead atoms. The molecule has 19 heavy (non-hydrogen) atoms. The Kier molecular flexibility index (Phi) is 4.97. The third-order valence-corrected chi connectivity index (χ3v) is 3.67. The highest BCUT2D eigenvalue weighted by Crippen LogP contribution is 2.36. The molecule has 2 N–H and O–H groups in total. The zero-order valence-corrected chi connectivity index (χ0v) is 11.9. The molecule has 1 aromatic rings. The average Bonchev–Trinajstić information content (AvgIpc) is 2.35. The van der Waals surface area contributed by atoms with Crippen molar-refractivity contribution in [2.75, 3.05) is 13.1 Å². The van der Waals surface area contributed by atoms with Gasteiger partial charge in [0.25, 0.3) is 0 Å². The molecule has 3 heteroatoms. The third kappa shape index (κ3) is 4.35. The van der Waals surface area contributed by atoms with Crippen molar-refractivity contribution in [3.05, 3.63) is 35.9 Å². The summed E-state index contributed by atoms with van der Waals surface area (Å²) in [5.74, 6) is 1.28. The fourth-order valence-corrected chi connectivity index (χ4v) is 2.40. The molecule has 2 rings (SSSR count). The molecule has 0 heterocycles. The highest BCUT2D eigenvalue weighted by Gasteiger charge is 2.29. The Labute approximate surface area is 115 Å². The first kappa shape index (κ1) is 14.1. The Balaban J connectivity index is 1.62. The summed E-state index contributed by atoms with van der Waals surface area (Å²) in [4.78, 5) is 11.6. The first-order chi connectivity index (χ1) is 9.15. The molecular weight excluding hydrogens is 236 g/mol. The van der Waals surface area contributed by atoms with Gasteiger partial charge in [-0.3, -0.25) is 4.79 Å². The summed E-state index contributed by atoms with van der Waals surface area (Å²) in [5.41, 5.74) is 1.42. The van der Waals surface area contributed by atoms with Crippen LogP contribution in [0, 0.1) is 5.92 Å². The zero-order chi connectivity index (χ0) is 13.7. The van der Waals surface area contributed by atoms with Crippen molar-refractivity contribution in [3.8, 4) is 0 Å². The fourth-order valence-electron chi connectivity index (χ4n) is 2.40. The Bertz CT molecular complexity index is 396. The van der Waals surface area contributed by atoms with E-state index in [1.54, 1.807) is 0 Å². The zero-order valence-electron chi connectivity index (χ0n) is 11.9. The number of hydrogen-bond donors (Lipinski definition) is 2. The number of carbonyl (C=O) groups is 1. The van der Waals surface area contributed by atoms with Gasteiger partial charge in [0, 0.05) is 12.6 Å². The largest absolute Gasteiger partial charge is 0.355 e. The van der Waals surface area contributed by atoms with Gasteiger partial charge < -0.3 is 10.6 Å². The lowest BCUT2D eigenvalue weighted by Crippen LogP contribution is -2.45. The van der Waals surface area contributed by atoms with Gasteiger partial charge in [0.2, 0.25) is 5.91 Å². The lowest BCUT2D eigenvalue weighted by Gasteiger charge is -2.36. The summed E-state index contributed by atoms with van der Waals surface area (Å²) in [6.45, 7) is 5.41. The molecule has 0 spiro atoms. The molecule has 1 saturated carbocycles. The second-order valence-corrected chi connectivity index (χ2v) is 5.85. The Morgan fingerprint density at radius 3 is 2.58 bits per heavy atom. The average molecular weight is 260 g/mol. The summed E-state index contributed by atoms with van der Waals surface area (Å²) >= 11 is 0. The Morgan fingerprint density at radius 2 is 1.95 bits per heavy atom. The van der Waals surface area contributed by atoms with E-state index in [0.29, 0.717) is 24.4 Å². The van der Waals surface area contributed by atoms with Crippen LogP contribution in [0.5, 0.6) is 0 Å². The van der Waals surface area contributed by atoms with Crippen LogP contribution in [0.2, 0.25) is 0 Å². The van der Waals surface area contributed by atoms with Gasteiger partial charge in [-0.2, -0.15) is 0 Å². The highest BCUT2D eigenvalue weighted by atomic mass is 16.1. The van der Waals surface area contributed by atoms with Crippen molar-refractivity contribution in [1.82, 2.24) is 10.6 Å². The monoisotopic (exact) mass is 260 g/mol. The van der Waals surface area contributed by atoms with E-state index in [2.05, 4.69) is 54.8 Å². The van der Waals surface area contributed by atoms with Crippen molar-refractivity contribution < 1.29 is 4.79 Å². The predicted octanol–water partition coefficient (Wildman–Crippen LogP) is 2.29. The van der Waals surface area contributed by atoms with E-state index in [-0.39, 0.29) is 5.91 Å². The molecule has 1 fully saturated rings. The maximum Gasteiger partial charge on any atom is 0.233 e. The summed E-state index contributed by atoms with van der Waals surface area (Å²) in [5, 5.41) is 6.26. The summed E-state index contributed by atoms with van der Waals surface area (Å²) in [6.07, 6.45) is 2.28. The smallest absolute Gasteiger partial charge is 0.233 e. The van der Waals surface area contributed by atoms with Crippen LogP contribution in [-0.4, -0.2) is 25.0 Å². The van der Waals surface area contributed by atoms with Gasteiger partial charge in [0.05, 0.1) is 6.54 Å². The van der Waals surface area contributed by atoms with Crippen molar-refractivity contribution in [3.63, 3.8) is 0 Å². The van der Waals surface area contributed by atoms with Crippen LogP contribution in [0.15, 0.2) is 30.3 Å². The molecule has 0 saturated heterocycles. The van der Waals surface area contributed by atoms with E-state index in [4.69, 9.17) is 0 Å². The van der Waals surface area contributed by atoms with Crippen LogP contribution >= 0.6 is 0 Å². The van der Waals surface area contributed by atoms with Gasteiger partial charge in [0.15, 0.2) is 0 Å². The van der Waals surface area contributed by atoms with Crippen LogP contribution in [0.1, 0.15) is 38.2 Å². The topological polar surface area (TPSA) is 41.1 Å². The highest BCUT2D eigenvalue weighted by molar-refractivity contribution is 5.78. The quantitative estimate of drug-likeness (QED) is 0.824. The van der Waals surface area contributed by atoms with Crippen molar-refractivity contribution in [2.24, 2.45) is 5.92 Å². The summed E-state index contributed by atoms with van der Waals surface area (Å²) in [6, 6.07) is 11.1. The van der Waals surface area contributed by atoms with E-state index in [9.17, 15) is 4.79 Å². The normalized spacial score (nSPS) is 22.1. The lowest BCUT2D eigenvalue weighted by molar-refractivity contribution is -0.120. The van der Waals surface area contributed by atoms with Gasteiger partial charge in [-0.15, -0.1) is 0 Å². The fraction of sp³-hybridized carbons (Fsp3) is 0.562. The minimum Gasteiger partial charge on any atom is -0.355 e. The van der Waals surface area contributed by atoms with E-state index in [1.807, 2.05) is 0 Å². The summed E-state index contributed by atoms with van der Waals surface area (Å²) in [7, 11) is 0. The molecule has 0 aromatic heterocycles. The maximum absolute atomic E-state index is 11.6. The minimum absolute atomic E-state index is 0.108. The first-order valence-electron chi connectivity index (χ1n) is 7.20. The van der Waals surface area contributed by atoms with Gasteiger partial charge in [-0.25, -0.2) is 0 Å². The van der Waals surface area contributed by atoms with Crippen LogP contribution < -0.4 is 10.6 Å². The molecule has 1 amide bonds. The van der Waals surface area contributed by atoms with Gasteiger partial charge >= 0.3 is 0 Å². The van der Waals surface area contributed by atoms with Gasteiger partial charge in [-0.05, 0) is 30.2 Å². The van der Waals surface area contributed by atoms with Gasteiger partial charge in [-0.1, -0.05) is 44.2 Å². The summed E-state index contributed by atoms with van der Waals surface area (Å²) < 4.78 is 0. The molecule has 1 aromatic carbocycles. The van der Waals surface area contributed by atoms with E-state index < -0.39 is 0 Å². The molecular formula is C16H24N2O. The van der Waals surface area contributed by atoms with Crippen molar-refractivity contribution >= 4 is 5.91 Å². The lowest BCUT2D eigenvalue weighted by atomic mass is 9.76. The number of amides is 1. The molecule has 1 aliphatic carbocycles. The first-order valence-corrected chi connectivity index (χ1v) is 7.20. The molecule has 0 unspecified atom stereocenters. The number of nitrogens with one attached hydrogen (secondary N) is 2. The second-order valence-electron chi connectivity index (χ2n) is 5.85. The number of hydrogen-bond acceptors (Lipinski definition) is 2. The standard InChI is InChI=1S/C16H24N2O/c1-12(2)10-18-16(19)11-17-15-8-14(9-15)13-6-4-3-5-7-13/h3-7,12,14-15,17H,8-11H2,1-2H3,(H,18,19). The maximum atomic E-state index is 11.6. The van der Waals surface area contributed by atoms with Crippen LogP contribution in [-0.2, 0) is 4.79 Å². The Morgan fingerprint density at radius 1 is 1.26 bits per heavy atom. The van der Waals surface area contributed by atoms with Crippen molar-refractivity contribution in [2.45, 2.75) is 38.6 Å². The van der Waals surface area contributed by atoms with E-state index in [1.165, 1.54) is 5.56 Å². The number of carbonyl (C=O) groups excluding carboxylic acids is 1. The minimum atomic E-state index is 0.108. The van der Waals surface area contributed by atoms with Gasteiger partial charge in [0.1, 0.15) is 0 Å². The van der Waals surface area contributed by atoms with E-state index >= 15 is 0 Å². The van der Waals surface area contributed by atoms with Crippen LogP contribution in [0.4, 0.5) is 0 Å². The third-order valence-electron chi connectivity index (χ3n) is 3.67. The second kappa shape index (κ2) is 6.71. The number of rotatable bonds is 6. The Hall–Kier alpha value is -1.35. The molecule has 0 atom stereocenters. The van der Waals surface area contributed by atoms with Crippen LogP contribution in [0.25, 0.3) is 0 Å². The van der Waals surface area contributed by atoms with Crippen molar-refractivity contribution in [1.29, 1.82) is 0 Å². The molecule has 1 aliphatic rings.